The molecule has 0 spiro atoms. The summed E-state index contributed by atoms with van der Waals surface area (Å²) in [6.07, 6.45) is -1.22. The lowest BCUT2D eigenvalue weighted by molar-refractivity contribution is -0.137. The molecule has 0 saturated carbocycles. The Hall–Kier alpha value is -4.07. The summed E-state index contributed by atoms with van der Waals surface area (Å²) in [5.74, 6) is 0.255. The Morgan fingerprint density at radius 1 is 0.949 bits per heavy atom. The number of fused-ring (bicyclic) bond motifs is 2. The number of hydrogen-bond acceptors (Lipinski definition) is 3. The van der Waals surface area contributed by atoms with Crippen molar-refractivity contribution in [3.05, 3.63) is 106 Å². The quantitative estimate of drug-likeness (QED) is 0.302. The van der Waals surface area contributed by atoms with Crippen molar-refractivity contribution in [1.29, 1.82) is 0 Å². The average molecular weight is 531 g/mol. The lowest BCUT2D eigenvalue weighted by Crippen LogP contribution is -2.35. The Labute approximate surface area is 225 Å². The predicted molar refractivity (Wildman–Crippen MR) is 145 cm³/mol. The summed E-state index contributed by atoms with van der Waals surface area (Å²) < 4.78 is 44.3. The van der Waals surface area contributed by atoms with E-state index in [2.05, 4.69) is 11.4 Å². The van der Waals surface area contributed by atoms with Gasteiger partial charge in [-0.15, -0.1) is 0 Å². The number of allylic oxidation sites excluding steroid dienone is 2. The van der Waals surface area contributed by atoms with Gasteiger partial charge in [-0.05, 0) is 76.1 Å². The van der Waals surface area contributed by atoms with Crippen molar-refractivity contribution in [2.75, 3.05) is 5.32 Å². The van der Waals surface area contributed by atoms with Crippen molar-refractivity contribution in [3.63, 3.8) is 0 Å². The van der Waals surface area contributed by atoms with Crippen molar-refractivity contribution in [2.24, 2.45) is 5.92 Å². The van der Waals surface area contributed by atoms with Gasteiger partial charge in [-0.1, -0.05) is 29.8 Å². The number of carbonyl (C=O) groups excluding carboxylic acids is 1. The lowest BCUT2D eigenvalue weighted by atomic mass is 9.71. The number of aromatic nitrogens is 3. The minimum Gasteiger partial charge on any atom is -0.343 e. The van der Waals surface area contributed by atoms with E-state index in [0.29, 0.717) is 18.5 Å². The highest BCUT2D eigenvalue weighted by molar-refractivity contribution is 5.89. The fourth-order valence-corrected chi connectivity index (χ4v) is 6.18. The molecule has 5 nitrogen and oxygen atoms in total. The summed E-state index contributed by atoms with van der Waals surface area (Å²) in [4.78, 5) is 13.4. The minimum atomic E-state index is -4.44. The summed E-state index contributed by atoms with van der Waals surface area (Å²) >= 11 is 0. The van der Waals surface area contributed by atoms with Gasteiger partial charge in [0.2, 0.25) is 0 Å². The molecule has 2 aromatic heterocycles. The number of nitrogens with one attached hydrogen (secondary N) is 1. The highest BCUT2D eigenvalue weighted by Gasteiger charge is 2.44. The molecule has 0 radical (unpaired) electrons. The van der Waals surface area contributed by atoms with E-state index >= 15 is 0 Å². The average Bonchev–Trinajstić information content (AvgIpc) is 3.38. The molecule has 0 fully saturated rings. The summed E-state index contributed by atoms with van der Waals surface area (Å²) in [6, 6.07) is 15.5. The van der Waals surface area contributed by atoms with Crippen LogP contribution in [0.25, 0.3) is 11.4 Å². The summed E-state index contributed by atoms with van der Waals surface area (Å²) in [5, 5.41) is 8.43. The molecule has 2 atom stereocenters. The molecule has 1 aliphatic carbocycles. The van der Waals surface area contributed by atoms with Gasteiger partial charge in [0, 0.05) is 40.7 Å². The Bertz CT molecular complexity index is 1640. The molecule has 1 N–H and O–H groups in total. The summed E-state index contributed by atoms with van der Waals surface area (Å²) in [7, 11) is 0. The normalized spacial score (nSPS) is 18.8. The molecule has 3 heterocycles. The Morgan fingerprint density at radius 2 is 1.69 bits per heavy atom. The first kappa shape index (κ1) is 25.2. The molecule has 0 unspecified atom stereocenters. The molecule has 2 aliphatic rings. The molecule has 8 heteroatoms. The zero-order chi connectivity index (χ0) is 27.6. The molecular formula is C31H29F3N4O. The number of rotatable bonds is 3. The number of nitrogens with zero attached hydrogens (tertiary/aromatic N) is 3. The van der Waals surface area contributed by atoms with Gasteiger partial charge in [0.25, 0.3) is 0 Å². The SMILES string of the molecule is Cc1ccc(-n2nc(C)c3c2NC2=CCCC(=O)[C@H]2[C@@H]3c2cc(C)n(-c3cccc(C(F)(F)F)c3)c2C)cc1. The van der Waals surface area contributed by atoms with Crippen molar-refractivity contribution in [3.8, 4) is 11.4 Å². The van der Waals surface area contributed by atoms with Crippen LogP contribution in [0.3, 0.4) is 0 Å². The van der Waals surface area contributed by atoms with Crippen LogP contribution in [0.5, 0.6) is 0 Å². The van der Waals surface area contributed by atoms with Gasteiger partial charge in [0.1, 0.15) is 11.6 Å². The van der Waals surface area contributed by atoms with Crippen molar-refractivity contribution in [1.82, 2.24) is 14.3 Å². The highest BCUT2D eigenvalue weighted by atomic mass is 19.4. The fourth-order valence-electron chi connectivity index (χ4n) is 6.18. The van der Waals surface area contributed by atoms with Crippen LogP contribution in [0.2, 0.25) is 0 Å². The van der Waals surface area contributed by atoms with Gasteiger partial charge < -0.3 is 9.88 Å². The second kappa shape index (κ2) is 9.00. The van der Waals surface area contributed by atoms with Gasteiger partial charge in [-0.25, -0.2) is 4.68 Å². The van der Waals surface area contributed by atoms with Crippen LogP contribution in [-0.4, -0.2) is 20.1 Å². The van der Waals surface area contributed by atoms with E-state index in [1.54, 1.807) is 6.07 Å². The summed E-state index contributed by atoms with van der Waals surface area (Å²) in [6.45, 7) is 7.79. The van der Waals surface area contributed by atoms with Crippen LogP contribution in [0, 0.1) is 33.6 Å². The van der Waals surface area contributed by atoms with Gasteiger partial charge in [-0.2, -0.15) is 18.3 Å². The maximum absolute atomic E-state index is 13.5. The Balaban J connectivity index is 1.56. The van der Waals surface area contributed by atoms with Crippen LogP contribution in [0.15, 0.2) is 66.4 Å². The van der Waals surface area contributed by atoms with Crippen LogP contribution in [0.4, 0.5) is 19.0 Å². The number of hydrogen-bond donors (Lipinski definition) is 1. The molecular weight excluding hydrogens is 501 g/mol. The first-order valence-electron chi connectivity index (χ1n) is 13.1. The Morgan fingerprint density at radius 3 is 2.41 bits per heavy atom. The molecule has 0 saturated heterocycles. The largest absolute Gasteiger partial charge is 0.416 e. The minimum absolute atomic E-state index is 0.155. The van der Waals surface area contributed by atoms with Crippen molar-refractivity contribution in [2.45, 2.75) is 52.6 Å². The number of alkyl halides is 3. The first-order valence-corrected chi connectivity index (χ1v) is 13.1. The smallest absolute Gasteiger partial charge is 0.343 e. The van der Waals surface area contributed by atoms with Gasteiger partial charge in [0.15, 0.2) is 0 Å². The number of aryl methyl sites for hydroxylation is 3. The second-order valence-corrected chi connectivity index (χ2v) is 10.5. The van der Waals surface area contributed by atoms with Gasteiger partial charge in [-0.3, -0.25) is 4.79 Å². The second-order valence-electron chi connectivity index (χ2n) is 10.5. The number of benzene rings is 2. The molecule has 4 aromatic rings. The molecule has 0 bridgehead atoms. The lowest BCUT2D eigenvalue weighted by Gasteiger charge is -2.36. The van der Waals surface area contributed by atoms with E-state index in [9.17, 15) is 18.0 Å². The monoisotopic (exact) mass is 530 g/mol. The molecule has 39 heavy (non-hydrogen) atoms. The van der Waals surface area contributed by atoms with Crippen LogP contribution < -0.4 is 5.32 Å². The Kier molecular flexibility index (Phi) is 5.82. The van der Waals surface area contributed by atoms with E-state index in [1.807, 2.05) is 67.3 Å². The zero-order valence-electron chi connectivity index (χ0n) is 22.2. The van der Waals surface area contributed by atoms with E-state index < -0.39 is 17.7 Å². The third-order valence-corrected chi connectivity index (χ3v) is 7.97. The van der Waals surface area contributed by atoms with E-state index in [-0.39, 0.29) is 11.7 Å². The van der Waals surface area contributed by atoms with Crippen molar-refractivity contribution >= 4 is 11.6 Å². The number of carbonyl (C=O) groups is 1. The topological polar surface area (TPSA) is 51.9 Å². The van der Waals surface area contributed by atoms with Gasteiger partial charge in [0.05, 0.1) is 22.9 Å². The van der Waals surface area contributed by atoms with E-state index in [0.717, 1.165) is 57.0 Å². The van der Waals surface area contributed by atoms with E-state index in [4.69, 9.17) is 5.10 Å². The molecule has 0 amide bonds. The fraction of sp³-hybridized carbons (Fsp3) is 0.290. The maximum Gasteiger partial charge on any atom is 0.416 e. The molecule has 2 aromatic carbocycles. The standard InChI is InChI=1S/C31H29F3N4O/c1-17-11-13-22(14-12-17)38-30-27(19(3)36-38)28(29-25(35-30)9-6-10-26(29)39)24-15-18(2)37(20(24)4)23-8-5-7-21(16-23)31(32,33)34/h5,7-9,11-16,28-29,35H,6,10H2,1-4H3/t28-,29+/m1/s1. The van der Waals surface area contributed by atoms with Crippen LogP contribution in [0.1, 0.15) is 58.1 Å². The molecule has 6 rings (SSSR count). The van der Waals surface area contributed by atoms with Crippen LogP contribution >= 0.6 is 0 Å². The first-order chi connectivity index (χ1) is 18.5. The third kappa shape index (κ3) is 4.09. The zero-order valence-corrected chi connectivity index (χ0v) is 22.2. The van der Waals surface area contributed by atoms with Crippen LogP contribution in [-0.2, 0) is 11.0 Å². The van der Waals surface area contributed by atoms with Gasteiger partial charge >= 0.3 is 6.18 Å². The number of halogens is 3. The number of Topliss-reactive ketones (excluding diaryl/α,β-unsaturated/α-hetero) is 1. The van der Waals surface area contributed by atoms with E-state index in [1.165, 1.54) is 12.1 Å². The predicted octanol–water partition coefficient (Wildman–Crippen LogP) is 7.34. The van der Waals surface area contributed by atoms with Crippen molar-refractivity contribution < 1.29 is 18.0 Å². The maximum atomic E-state index is 13.5. The molecule has 1 aliphatic heterocycles. The molecule has 200 valence electrons. The highest BCUT2D eigenvalue weighted by Crippen LogP contribution is 2.50. The number of anilines is 1. The third-order valence-electron chi connectivity index (χ3n) is 7.97. The number of ketones is 1. The summed E-state index contributed by atoms with van der Waals surface area (Å²) in [5.41, 5.74) is 6.95.